The van der Waals surface area contributed by atoms with Crippen molar-refractivity contribution in [1.29, 1.82) is 0 Å². The second-order valence-electron chi connectivity index (χ2n) is 5.86. The van der Waals surface area contributed by atoms with Gasteiger partial charge in [0.25, 0.3) is 11.8 Å². The largest absolute Gasteiger partial charge is 0.459 e. The predicted octanol–water partition coefficient (Wildman–Crippen LogP) is 4.56. The van der Waals surface area contributed by atoms with Gasteiger partial charge in [0.1, 0.15) is 17.8 Å². The first-order chi connectivity index (χ1) is 14.2. The van der Waals surface area contributed by atoms with Crippen LogP contribution in [0.25, 0.3) is 0 Å². The summed E-state index contributed by atoms with van der Waals surface area (Å²) in [5, 5.41) is 5.10. The van der Waals surface area contributed by atoms with E-state index in [9.17, 15) is 9.59 Å². The number of oxazole rings is 1. The Hall–Kier alpha value is -4.33. The van der Waals surface area contributed by atoms with Gasteiger partial charge in [-0.1, -0.05) is 18.2 Å². The van der Waals surface area contributed by atoms with Gasteiger partial charge < -0.3 is 18.9 Å². The predicted molar refractivity (Wildman–Crippen MR) is 104 cm³/mol. The van der Waals surface area contributed by atoms with Crippen molar-refractivity contribution < 1.29 is 23.2 Å². The van der Waals surface area contributed by atoms with E-state index < -0.39 is 11.8 Å². The number of carbonyl (C=O) groups is 2. The van der Waals surface area contributed by atoms with Gasteiger partial charge in [-0.2, -0.15) is 4.98 Å². The first-order valence-electron chi connectivity index (χ1n) is 8.62. The number of hydrogen-bond donors (Lipinski definition) is 2. The Balaban J connectivity index is 1.35. The minimum atomic E-state index is -0.530. The number of furan rings is 1. The van der Waals surface area contributed by atoms with Crippen LogP contribution in [0.3, 0.4) is 0 Å². The van der Waals surface area contributed by atoms with Gasteiger partial charge in [-0.3, -0.25) is 14.9 Å². The fraction of sp³-hybridized carbons (Fsp3) is 0. The number of nitrogens with zero attached hydrogens (tertiary/aromatic N) is 1. The van der Waals surface area contributed by atoms with E-state index in [4.69, 9.17) is 13.6 Å². The molecule has 4 rings (SSSR count). The Bertz CT molecular complexity index is 1100. The molecular formula is C21H15N3O5. The molecule has 4 aromatic rings. The zero-order valence-electron chi connectivity index (χ0n) is 15.0. The number of amides is 2. The van der Waals surface area contributed by atoms with Crippen molar-refractivity contribution in [3.05, 3.63) is 90.7 Å². The van der Waals surface area contributed by atoms with E-state index in [-0.39, 0.29) is 17.5 Å². The Kier molecular flexibility index (Phi) is 5.06. The Labute approximate surface area is 165 Å². The molecule has 2 N–H and O–H groups in total. The van der Waals surface area contributed by atoms with Crippen LogP contribution in [0.5, 0.6) is 11.5 Å². The zero-order valence-corrected chi connectivity index (χ0v) is 15.0. The molecule has 29 heavy (non-hydrogen) atoms. The number of para-hydroxylation sites is 1. The maximum atomic E-state index is 12.3. The highest BCUT2D eigenvalue weighted by Crippen LogP contribution is 2.23. The minimum Gasteiger partial charge on any atom is -0.459 e. The Morgan fingerprint density at radius 2 is 1.55 bits per heavy atom. The van der Waals surface area contributed by atoms with Crippen LogP contribution in [0.4, 0.5) is 11.7 Å². The fourth-order valence-corrected chi connectivity index (χ4v) is 2.43. The van der Waals surface area contributed by atoms with Crippen LogP contribution in [-0.4, -0.2) is 16.8 Å². The minimum absolute atomic E-state index is 0.0179. The van der Waals surface area contributed by atoms with Crippen molar-refractivity contribution in [3.8, 4) is 11.5 Å². The highest BCUT2D eigenvalue weighted by atomic mass is 16.5. The summed E-state index contributed by atoms with van der Waals surface area (Å²) in [5.41, 5.74) is 0.573. The smallest absolute Gasteiger partial charge is 0.302 e. The molecular weight excluding hydrogens is 374 g/mol. The topological polar surface area (TPSA) is 107 Å². The van der Waals surface area contributed by atoms with Gasteiger partial charge in [0.15, 0.2) is 11.5 Å². The lowest BCUT2D eigenvalue weighted by molar-refractivity contribution is 0.0990. The van der Waals surface area contributed by atoms with Crippen LogP contribution >= 0.6 is 0 Å². The van der Waals surface area contributed by atoms with E-state index >= 15 is 0 Å². The van der Waals surface area contributed by atoms with Crippen molar-refractivity contribution in [2.75, 3.05) is 10.6 Å². The van der Waals surface area contributed by atoms with Gasteiger partial charge in [0.05, 0.1) is 6.26 Å². The average Bonchev–Trinajstić information content (AvgIpc) is 3.42. The molecule has 2 heterocycles. The number of carbonyl (C=O) groups excluding carboxylic acids is 2. The number of benzene rings is 2. The molecule has 144 valence electrons. The fourth-order valence-electron chi connectivity index (χ4n) is 2.43. The van der Waals surface area contributed by atoms with Gasteiger partial charge >= 0.3 is 6.01 Å². The van der Waals surface area contributed by atoms with Crippen molar-refractivity contribution in [1.82, 2.24) is 4.98 Å². The molecule has 2 aromatic heterocycles. The number of hydrogen-bond acceptors (Lipinski definition) is 6. The lowest BCUT2D eigenvalue weighted by atomic mass is 10.3. The summed E-state index contributed by atoms with van der Waals surface area (Å²) in [7, 11) is 0. The van der Waals surface area contributed by atoms with E-state index in [0.29, 0.717) is 11.4 Å². The third-order valence-corrected chi connectivity index (χ3v) is 3.79. The molecule has 2 amide bonds. The summed E-state index contributed by atoms with van der Waals surface area (Å²) in [6.07, 6.45) is 2.53. The molecule has 0 aliphatic rings. The third-order valence-electron chi connectivity index (χ3n) is 3.79. The highest BCUT2D eigenvalue weighted by molar-refractivity contribution is 6.04. The van der Waals surface area contributed by atoms with Gasteiger partial charge in [-0.05, 0) is 48.5 Å². The van der Waals surface area contributed by atoms with Crippen LogP contribution in [0.2, 0.25) is 0 Å². The van der Waals surface area contributed by atoms with Crippen molar-refractivity contribution in [2.45, 2.75) is 0 Å². The molecule has 0 saturated carbocycles. The number of ether oxygens (including phenoxy) is 1. The van der Waals surface area contributed by atoms with E-state index in [2.05, 4.69) is 15.6 Å². The van der Waals surface area contributed by atoms with Gasteiger partial charge in [0, 0.05) is 5.69 Å². The van der Waals surface area contributed by atoms with E-state index in [1.54, 1.807) is 30.3 Å². The summed E-state index contributed by atoms with van der Waals surface area (Å²) in [6, 6.07) is 19.2. The lowest BCUT2D eigenvalue weighted by Crippen LogP contribution is -2.14. The van der Waals surface area contributed by atoms with Crippen LogP contribution in [0, 0.1) is 0 Å². The number of rotatable bonds is 6. The van der Waals surface area contributed by atoms with Crippen molar-refractivity contribution in [2.24, 2.45) is 0 Å². The zero-order chi connectivity index (χ0) is 20.1. The Morgan fingerprint density at radius 1 is 0.793 bits per heavy atom. The van der Waals surface area contributed by atoms with Crippen LogP contribution < -0.4 is 15.4 Å². The quantitative estimate of drug-likeness (QED) is 0.500. The molecule has 0 bridgehead atoms. The molecule has 0 radical (unpaired) electrons. The molecule has 0 fully saturated rings. The Morgan fingerprint density at radius 3 is 2.28 bits per heavy atom. The second-order valence-corrected chi connectivity index (χ2v) is 5.86. The molecule has 0 aliphatic carbocycles. The average molecular weight is 389 g/mol. The van der Waals surface area contributed by atoms with E-state index in [1.165, 1.54) is 12.3 Å². The number of aromatic nitrogens is 1. The van der Waals surface area contributed by atoms with Crippen LogP contribution in [0.1, 0.15) is 21.0 Å². The highest BCUT2D eigenvalue weighted by Gasteiger charge is 2.16. The van der Waals surface area contributed by atoms with Crippen LogP contribution in [-0.2, 0) is 0 Å². The summed E-state index contributed by atoms with van der Waals surface area (Å²) >= 11 is 0. The molecule has 8 nitrogen and oxygen atoms in total. The summed E-state index contributed by atoms with van der Waals surface area (Å²) in [5.74, 6) is 0.448. The monoisotopic (exact) mass is 389 g/mol. The molecule has 0 spiro atoms. The van der Waals surface area contributed by atoms with Crippen molar-refractivity contribution in [3.63, 3.8) is 0 Å². The number of anilines is 2. The molecule has 0 aliphatic heterocycles. The van der Waals surface area contributed by atoms with Crippen LogP contribution in [0.15, 0.2) is 88.1 Å². The van der Waals surface area contributed by atoms with Gasteiger partial charge in [0.2, 0.25) is 0 Å². The second kappa shape index (κ2) is 8.13. The SMILES string of the molecule is O=C(Nc1ccc(Oc2ccccc2)cc1)c1coc(NC(=O)c2ccco2)n1. The summed E-state index contributed by atoms with van der Waals surface area (Å²) in [6.45, 7) is 0. The lowest BCUT2D eigenvalue weighted by Gasteiger charge is -2.07. The molecule has 0 unspecified atom stereocenters. The van der Waals surface area contributed by atoms with E-state index in [0.717, 1.165) is 12.0 Å². The third kappa shape index (κ3) is 4.51. The first kappa shape index (κ1) is 18.1. The van der Waals surface area contributed by atoms with Crippen molar-refractivity contribution >= 4 is 23.5 Å². The molecule has 0 saturated heterocycles. The summed E-state index contributed by atoms with van der Waals surface area (Å²) < 4.78 is 15.8. The first-order valence-corrected chi connectivity index (χ1v) is 8.62. The maximum Gasteiger partial charge on any atom is 0.302 e. The van der Waals surface area contributed by atoms with E-state index in [1.807, 2.05) is 30.3 Å². The van der Waals surface area contributed by atoms with Gasteiger partial charge in [-0.15, -0.1) is 0 Å². The number of nitrogens with one attached hydrogen (secondary N) is 2. The molecule has 8 heteroatoms. The maximum absolute atomic E-state index is 12.3. The summed E-state index contributed by atoms with van der Waals surface area (Å²) in [4.78, 5) is 28.2. The normalized spacial score (nSPS) is 10.3. The van der Waals surface area contributed by atoms with Gasteiger partial charge in [-0.25, -0.2) is 0 Å². The molecule has 0 atom stereocenters. The standard InChI is InChI=1S/C21H15N3O5/c25-19(17-13-28-21(23-17)24-20(26)18-7-4-12-27-18)22-14-8-10-16(11-9-14)29-15-5-2-1-3-6-15/h1-13H,(H,22,25)(H,23,24,26). The molecule has 2 aromatic carbocycles.